The highest BCUT2D eigenvalue weighted by Crippen LogP contribution is 2.22. The van der Waals surface area contributed by atoms with Crippen molar-refractivity contribution in [3.63, 3.8) is 0 Å². The molecule has 1 aromatic heterocycles. The molecular weight excluding hydrogens is 252 g/mol. The van der Waals surface area contributed by atoms with Gasteiger partial charge in [0.1, 0.15) is 0 Å². The summed E-state index contributed by atoms with van der Waals surface area (Å²) in [6, 6.07) is 2.56. The van der Waals surface area contributed by atoms with Gasteiger partial charge in [-0.25, -0.2) is 0 Å². The minimum atomic E-state index is -0.947. The molecule has 5 nitrogen and oxygen atoms in total. The van der Waals surface area contributed by atoms with Crippen molar-refractivity contribution >= 4 is 23.2 Å². The van der Waals surface area contributed by atoms with E-state index in [0.717, 1.165) is 11.3 Å². The summed E-state index contributed by atoms with van der Waals surface area (Å²) in [4.78, 5) is 23.4. The molecule has 6 heteroatoms. The lowest BCUT2D eigenvalue weighted by Crippen LogP contribution is -2.42. The van der Waals surface area contributed by atoms with Gasteiger partial charge in [0.05, 0.1) is 18.5 Å². The smallest absolute Gasteiger partial charge is 0.305 e. The van der Waals surface area contributed by atoms with Crippen LogP contribution in [0.4, 0.5) is 0 Å². The summed E-state index contributed by atoms with van der Waals surface area (Å²) in [5.74, 6) is -1.24. The molecule has 0 saturated carbocycles. The average Bonchev–Trinajstić information content (AvgIpc) is 2.81. The minimum Gasteiger partial charge on any atom is -0.481 e. The van der Waals surface area contributed by atoms with Crippen LogP contribution in [-0.2, 0) is 9.59 Å². The summed E-state index contributed by atoms with van der Waals surface area (Å²) in [6.45, 7) is 1.95. The van der Waals surface area contributed by atoms with Crippen molar-refractivity contribution in [3.05, 3.63) is 22.4 Å². The first-order valence-electron chi connectivity index (χ1n) is 5.85. The third-order valence-corrected chi connectivity index (χ3v) is 3.50. The molecule has 0 aliphatic heterocycles. The van der Waals surface area contributed by atoms with E-state index in [1.165, 1.54) is 11.3 Å². The molecule has 1 amide bonds. The van der Waals surface area contributed by atoms with Gasteiger partial charge in [-0.05, 0) is 17.9 Å². The van der Waals surface area contributed by atoms with E-state index in [1.54, 1.807) is 0 Å². The van der Waals surface area contributed by atoms with Gasteiger partial charge in [0.15, 0.2) is 0 Å². The number of nitrogens with two attached hydrogens (primary N) is 1. The molecule has 1 aromatic rings. The van der Waals surface area contributed by atoms with Crippen LogP contribution in [0.15, 0.2) is 17.5 Å². The Bertz CT molecular complexity index is 392. The molecule has 100 valence electrons. The van der Waals surface area contributed by atoms with E-state index in [0.29, 0.717) is 6.42 Å². The maximum atomic E-state index is 11.8. The number of aliphatic carboxylic acids is 1. The Labute approximate surface area is 110 Å². The second-order valence-corrected chi connectivity index (χ2v) is 5.05. The van der Waals surface area contributed by atoms with E-state index in [4.69, 9.17) is 10.8 Å². The molecular formula is C12H18N2O3S. The van der Waals surface area contributed by atoms with Crippen LogP contribution in [0.5, 0.6) is 0 Å². The molecule has 1 heterocycles. The molecule has 0 aliphatic rings. The molecule has 0 aromatic carbocycles. The molecule has 18 heavy (non-hydrogen) atoms. The van der Waals surface area contributed by atoms with E-state index in [-0.39, 0.29) is 12.3 Å². The van der Waals surface area contributed by atoms with Gasteiger partial charge in [-0.2, -0.15) is 0 Å². The van der Waals surface area contributed by atoms with Crippen LogP contribution in [-0.4, -0.2) is 23.0 Å². The van der Waals surface area contributed by atoms with E-state index < -0.39 is 18.1 Å². The van der Waals surface area contributed by atoms with Crippen molar-refractivity contribution in [2.45, 2.75) is 38.3 Å². The normalized spacial score (nSPS) is 13.9. The largest absolute Gasteiger partial charge is 0.481 e. The number of carbonyl (C=O) groups is 2. The summed E-state index contributed by atoms with van der Waals surface area (Å²) >= 11 is 1.42. The number of thiophene rings is 1. The van der Waals surface area contributed by atoms with Gasteiger partial charge in [-0.15, -0.1) is 11.3 Å². The van der Waals surface area contributed by atoms with Crippen molar-refractivity contribution in [1.82, 2.24) is 5.32 Å². The van der Waals surface area contributed by atoms with Gasteiger partial charge in [0.25, 0.3) is 0 Å². The molecule has 0 aliphatic carbocycles. The standard InChI is InChI=1S/C12H18N2O3S/c1-2-4-8(13)12(17)14-9(7-11(15)16)10-5-3-6-18-10/h3,5-6,8-9H,2,4,7,13H2,1H3,(H,14,17)(H,15,16)/t8-,9?/m0/s1. The van der Waals surface area contributed by atoms with Gasteiger partial charge in [0, 0.05) is 4.88 Å². The van der Waals surface area contributed by atoms with Crippen LogP contribution in [0.25, 0.3) is 0 Å². The van der Waals surface area contributed by atoms with Crippen LogP contribution < -0.4 is 11.1 Å². The van der Waals surface area contributed by atoms with Crippen LogP contribution in [0.1, 0.15) is 37.1 Å². The lowest BCUT2D eigenvalue weighted by Gasteiger charge is -2.18. The minimum absolute atomic E-state index is 0.134. The van der Waals surface area contributed by atoms with Gasteiger partial charge in [0.2, 0.25) is 5.91 Å². The van der Waals surface area contributed by atoms with Gasteiger partial charge in [-0.3, -0.25) is 9.59 Å². The van der Waals surface area contributed by atoms with Crippen LogP contribution >= 0.6 is 11.3 Å². The highest BCUT2D eigenvalue weighted by atomic mass is 32.1. The van der Waals surface area contributed by atoms with Gasteiger partial charge < -0.3 is 16.2 Å². The number of hydrogen-bond donors (Lipinski definition) is 3. The Morgan fingerprint density at radius 2 is 2.28 bits per heavy atom. The zero-order valence-corrected chi connectivity index (χ0v) is 11.1. The summed E-state index contributed by atoms with van der Waals surface area (Å²) < 4.78 is 0. The van der Waals surface area contributed by atoms with Crippen molar-refractivity contribution < 1.29 is 14.7 Å². The fourth-order valence-corrected chi connectivity index (χ4v) is 2.39. The maximum absolute atomic E-state index is 11.8. The molecule has 4 N–H and O–H groups in total. The van der Waals surface area contributed by atoms with Crippen LogP contribution in [0, 0.1) is 0 Å². The highest BCUT2D eigenvalue weighted by Gasteiger charge is 2.21. The van der Waals surface area contributed by atoms with Crippen molar-refractivity contribution in [3.8, 4) is 0 Å². The number of amides is 1. The van der Waals surface area contributed by atoms with Gasteiger partial charge in [-0.1, -0.05) is 19.4 Å². The zero-order chi connectivity index (χ0) is 13.5. The topological polar surface area (TPSA) is 92.4 Å². The molecule has 2 atom stereocenters. The molecule has 1 unspecified atom stereocenters. The van der Waals surface area contributed by atoms with Crippen molar-refractivity contribution in [2.24, 2.45) is 5.73 Å². The number of hydrogen-bond acceptors (Lipinski definition) is 4. The quantitative estimate of drug-likeness (QED) is 0.700. The fourth-order valence-electron chi connectivity index (χ4n) is 1.61. The lowest BCUT2D eigenvalue weighted by molar-refractivity contribution is -0.137. The third kappa shape index (κ3) is 4.46. The van der Waals surface area contributed by atoms with E-state index in [1.807, 2.05) is 24.4 Å². The van der Waals surface area contributed by atoms with E-state index in [9.17, 15) is 9.59 Å². The molecule has 0 radical (unpaired) electrons. The Kier molecular flexibility index (Phi) is 5.80. The monoisotopic (exact) mass is 270 g/mol. The average molecular weight is 270 g/mol. The first-order chi connectivity index (χ1) is 8.54. The second kappa shape index (κ2) is 7.13. The Balaban J connectivity index is 2.67. The SMILES string of the molecule is CCC[C@H](N)C(=O)NC(CC(=O)O)c1cccs1. The fraction of sp³-hybridized carbons (Fsp3) is 0.500. The summed E-state index contributed by atoms with van der Waals surface area (Å²) in [6.07, 6.45) is 1.28. The van der Waals surface area contributed by atoms with Gasteiger partial charge >= 0.3 is 5.97 Å². The maximum Gasteiger partial charge on any atom is 0.305 e. The summed E-state index contributed by atoms with van der Waals surface area (Å²) in [5, 5.41) is 13.4. The lowest BCUT2D eigenvalue weighted by atomic mass is 10.1. The molecule has 0 bridgehead atoms. The number of carbonyl (C=O) groups excluding carboxylic acids is 1. The second-order valence-electron chi connectivity index (χ2n) is 4.07. The number of nitrogens with one attached hydrogen (secondary N) is 1. The van der Waals surface area contributed by atoms with Crippen LogP contribution in [0.2, 0.25) is 0 Å². The molecule has 0 saturated heterocycles. The van der Waals surface area contributed by atoms with Crippen LogP contribution in [0.3, 0.4) is 0 Å². The predicted octanol–water partition coefficient (Wildman–Crippen LogP) is 1.51. The number of carboxylic acid groups (broad SMARTS) is 1. The zero-order valence-electron chi connectivity index (χ0n) is 10.3. The van der Waals surface area contributed by atoms with E-state index >= 15 is 0 Å². The molecule has 1 rings (SSSR count). The van der Waals surface area contributed by atoms with Crippen molar-refractivity contribution in [1.29, 1.82) is 0 Å². The first-order valence-corrected chi connectivity index (χ1v) is 6.73. The Hall–Kier alpha value is -1.40. The highest BCUT2D eigenvalue weighted by molar-refractivity contribution is 7.10. The number of carboxylic acids is 1. The van der Waals surface area contributed by atoms with E-state index in [2.05, 4.69) is 5.32 Å². The first kappa shape index (κ1) is 14.7. The third-order valence-electron chi connectivity index (χ3n) is 2.52. The Morgan fingerprint density at radius 3 is 2.78 bits per heavy atom. The van der Waals surface area contributed by atoms with Crippen molar-refractivity contribution in [2.75, 3.05) is 0 Å². The predicted molar refractivity (Wildman–Crippen MR) is 70.3 cm³/mol. The number of rotatable bonds is 7. The Morgan fingerprint density at radius 1 is 1.56 bits per heavy atom. The summed E-state index contributed by atoms with van der Waals surface area (Å²) in [5.41, 5.74) is 5.70. The molecule has 0 fully saturated rings. The molecule has 0 spiro atoms. The summed E-state index contributed by atoms with van der Waals surface area (Å²) in [7, 11) is 0.